The van der Waals surface area contributed by atoms with E-state index >= 15 is 0 Å². The Labute approximate surface area is 174 Å². The van der Waals surface area contributed by atoms with Crippen LogP contribution in [0.15, 0.2) is 76.8 Å². The van der Waals surface area contributed by atoms with Gasteiger partial charge in [-0.05, 0) is 72.5 Å². The summed E-state index contributed by atoms with van der Waals surface area (Å²) in [5.41, 5.74) is 7.49. The maximum atomic E-state index is 5.80. The molecule has 0 amide bonds. The lowest BCUT2D eigenvalue weighted by molar-refractivity contribution is 0.789. The number of unbranched alkanes of at least 4 members (excludes halogenated alkanes) is 1. The molecule has 2 aromatic carbocycles. The summed E-state index contributed by atoms with van der Waals surface area (Å²) in [6, 6.07) is 14.9. The topological polar surface area (TPSA) is 38.4 Å². The molecule has 0 fully saturated rings. The molecule has 0 saturated heterocycles. The molecule has 1 aliphatic heterocycles. The zero-order valence-corrected chi connectivity index (χ0v) is 18.2. The van der Waals surface area contributed by atoms with E-state index in [9.17, 15) is 0 Å². The SMILES string of the molecule is C=C(C)CCCC.CCc1cc(C2=NC=CC2)ccc1-c1ccccc1SN. The van der Waals surface area contributed by atoms with Gasteiger partial charge in [0.15, 0.2) is 0 Å². The Balaban J connectivity index is 0.000000345. The lowest BCUT2D eigenvalue weighted by Crippen LogP contribution is -1.99. The van der Waals surface area contributed by atoms with Crippen LogP contribution in [0.4, 0.5) is 0 Å². The van der Waals surface area contributed by atoms with E-state index in [-0.39, 0.29) is 0 Å². The van der Waals surface area contributed by atoms with Crippen molar-refractivity contribution in [3.63, 3.8) is 0 Å². The first-order valence-corrected chi connectivity index (χ1v) is 10.9. The molecule has 0 unspecified atom stereocenters. The van der Waals surface area contributed by atoms with Gasteiger partial charge in [-0.15, -0.1) is 6.58 Å². The number of nitrogens with two attached hydrogens (primary N) is 1. The minimum absolute atomic E-state index is 0.928. The number of allylic oxidation sites excluding steroid dienone is 2. The summed E-state index contributed by atoms with van der Waals surface area (Å²) in [6.45, 7) is 10.3. The number of benzene rings is 2. The van der Waals surface area contributed by atoms with Gasteiger partial charge in [-0.25, -0.2) is 0 Å². The van der Waals surface area contributed by atoms with Crippen LogP contribution in [0.1, 0.15) is 57.6 Å². The largest absolute Gasteiger partial charge is 0.274 e. The van der Waals surface area contributed by atoms with E-state index in [2.05, 4.69) is 74.8 Å². The van der Waals surface area contributed by atoms with Crippen molar-refractivity contribution in [1.82, 2.24) is 0 Å². The monoisotopic (exact) mass is 392 g/mol. The molecule has 2 aromatic rings. The van der Waals surface area contributed by atoms with E-state index in [1.165, 1.54) is 59.0 Å². The fourth-order valence-corrected chi connectivity index (χ4v) is 3.61. The first kappa shape index (κ1) is 22.2. The van der Waals surface area contributed by atoms with Gasteiger partial charge in [-0.3, -0.25) is 10.1 Å². The van der Waals surface area contributed by atoms with Gasteiger partial charge >= 0.3 is 0 Å². The first-order chi connectivity index (χ1) is 13.6. The van der Waals surface area contributed by atoms with Crippen molar-refractivity contribution >= 4 is 17.7 Å². The van der Waals surface area contributed by atoms with E-state index in [1.54, 1.807) is 0 Å². The molecule has 0 aromatic heterocycles. The van der Waals surface area contributed by atoms with Crippen LogP contribution in [0.5, 0.6) is 0 Å². The third kappa shape index (κ3) is 6.22. The molecule has 148 valence electrons. The molecular weight excluding hydrogens is 360 g/mol. The molecule has 0 aliphatic carbocycles. The summed E-state index contributed by atoms with van der Waals surface area (Å²) in [7, 11) is 0. The summed E-state index contributed by atoms with van der Waals surface area (Å²) in [5.74, 6) is 0. The smallest absolute Gasteiger partial charge is 0.0514 e. The molecule has 0 atom stereocenters. The van der Waals surface area contributed by atoms with E-state index in [4.69, 9.17) is 5.14 Å². The Kier molecular flexibility index (Phi) is 9.26. The van der Waals surface area contributed by atoms with Crippen LogP contribution in [-0.2, 0) is 6.42 Å². The van der Waals surface area contributed by atoms with Crippen LogP contribution in [0, 0.1) is 0 Å². The standard InChI is InChI=1S/C18H18N2S.C7H14/c1-2-13-12-14(17-7-5-11-20-17)9-10-15(13)16-6-3-4-8-18(16)21-19;1-4-5-6-7(2)3/h3-6,8-12H,2,7,19H2,1H3;2,4-6H2,1,3H3. The highest BCUT2D eigenvalue weighted by molar-refractivity contribution is 7.97. The third-order valence-electron chi connectivity index (χ3n) is 4.73. The quantitative estimate of drug-likeness (QED) is 0.395. The van der Waals surface area contributed by atoms with Crippen LogP contribution < -0.4 is 5.14 Å². The first-order valence-electron chi connectivity index (χ1n) is 10.1. The summed E-state index contributed by atoms with van der Waals surface area (Å²) >= 11 is 1.31. The summed E-state index contributed by atoms with van der Waals surface area (Å²) in [4.78, 5) is 5.54. The zero-order valence-electron chi connectivity index (χ0n) is 17.4. The molecule has 2 N–H and O–H groups in total. The highest BCUT2D eigenvalue weighted by Crippen LogP contribution is 2.32. The van der Waals surface area contributed by atoms with Crippen molar-refractivity contribution in [3.05, 3.63) is 78.0 Å². The van der Waals surface area contributed by atoms with Gasteiger partial charge in [-0.2, -0.15) is 0 Å². The molecule has 3 rings (SSSR count). The summed E-state index contributed by atoms with van der Waals surface area (Å²) in [5, 5.41) is 5.80. The molecule has 0 radical (unpaired) electrons. The van der Waals surface area contributed by atoms with Gasteiger partial charge in [0.25, 0.3) is 0 Å². The predicted octanol–water partition coefficient (Wildman–Crippen LogP) is 7.34. The molecule has 3 heteroatoms. The van der Waals surface area contributed by atoms with Crippen LogP contribution in [0.25, 0.3) is 11.1 Å². The van der Waals surface area contributed by atoms with E-state index in [0.29, 0.717) is 0 Å². The molecular formula is C25H32N2S. The number of hydrogen-bond acceptors (Lipinski definition) is 3. The number of nitrogens with zero attached hydrogens (tertiary/aromatic N) is 1. The van der Waals surface area contributed by atoms with Crippen molar-refractivity contribution in [2.24, 2.45) is 10.1 Å². The van der Waals surface area contributed by atoms with Gasteiger partial charge in [-0.1, -0.05) is 62.2 Å². The van der Waals surface area contributed by atoms with Gasteiger partial charge < -0.3 is 0 Å². The van der Waals surface area contributed by atoms with E-state index in [0.717, 1.165) is 23.4 Å². The molecule has 1 heterocycles. The van der Waals surface area contributed by atoms with Crippen molar-refractivity contribution in [1.29, 1.82) is 0 Å². The molecule has 2 nitrogen and oxygen atoms in total. The second-order valence-electron chi connectivity index (χ2n) is 7.06. The van der Waals surface area contributed by atoms with E-state index < -0.39 is 0 Å². The highest BCUT2D eigenvalue weighted by atomic mass is 32.2. The van der Waals surface area contributed by atoms with Crippen molar-refractivity contribution < 1.29 is 0 Å². The normalized spacial score (nSPS) is 12.4. The van der Waals surface area contributed by atoms with Crippen LogP contribution in [-0.4, -0.2) is 5.71 Å². The Morgan fingerprint density at radius 1 is 1.14 bits per heavy atom. The van der Waals surface area contributed by atoms with Crippen LogP contribution >= 0.6 is 11.9 Å². The summed E-state index contributed by atoms with van der Waals surface area (Å²) < 4.78 is 0. The average molecular weight is 393 g/mol. The Hall–Kier alpha value is -2.10. The van der Waals surface area contributed by atoms with Crippen molar-refractivity contribution in [2.45, 2.75) is 57.8 Å². The van der Waals surface area contributed by atoms with Gasteiger partial charge in [0.2, 0.25) is 0 Å². The van der Waals surface area contributed by atoms with Crippen molar-refractivity contribution in [2.75, 3.05) is 0 Å². The van der Waals surface area contributed by atoms with Gasteiger partial charge in [0, 0.05) is 17.5 Å². The molecule has 1 aliphatic rings. The maximum absolute atomic E-state index is 5.80. The van der Waals surface area contributed by atoms with E-state index in [1.807, 2.05) is 12.3 Å². The zero-order chi connectivity index (χ0) is 20.4. The molecule has 28 heavy (non-hydrogen) atoms. The highest BCUT2D eigenvalue weighted by Gasteiger charge is 2.12. The number of aliphatic imine (C=N–C) groups is 1. The fraction of sp³-hybridized carbons (Fsp3) is 0.320. The molecule has 0 spiro atoms. The minimum atomic E-state index is 0.928. The van der Waals surface area contributed by atoms with Gasteiger partial charge in [0.05, 0.1) is 5.71 Å². The number of rotatable bonds is 7. The second kappa shape index (κ2) is 11.7. The molecule has 0 bridgehead atoms. The lowest BCUT2D eigenvalue weighted by atomic mass is 9.94. The Morgan fingerprint density at radius 3 is 2.50 bits per heavy atom. The maximum Gasteiger partial charge on any atom is 0.0514 e. The average Bonchev–Trinajstić information content (AvgIpc) is 3.27. The van der Waals surface area contributed by atoms with Crippen molar-refractivity contribution in [3.8, 4) is 11.1 Å². The summed E-state index contributed by atoms with van der Waals surface area (Å²) in [6.07, 6.45) is 9.69. The van der Waals surface area contributed by atoms with Crippen LogP contribution in [0.2, 0.25) is 0 Å². The second-order valence-corrected chi connectivity index (χ2v) is 7.74. The molecule has 0 saturated carbocycles. The predicted molar refractivity (Wildman–Crippen MR) is 126 cm³/mol. The van der Waals surface area contributed by atoms with Gasteiger partial charge in [0.1, 0.15) is 0 Å². The minimum Gasteiger partial charge on any atom is -0.274 e. The number of hydrogen-bond donors (Lipinski definition) is 1. The number of aryl methyl sites for hydroxylation is 1. The Bertz CT molecular complexity index is 849. The van der Waals surface area contributed by atoms with Crippen LogP contribution in [0.3, 0.4) is 0 Å². The third-order valence-corrected chi connectivity index (χ3v) is 5.34. The Morgan fingerprint density at radius 2 is 1.93 bits per heavy atom. The lowest BCUT2D eigenvalue weighted by Gasteiger charge is -2.13. The fourth-order valence-electron chi connectivity index (χ4n) is 3.15.